The summed E-state index contributed by atoms with van der Waals surface area (Å²) in [6.45, 7) is 6.28. The largest absolute Gasteiger partial charge is 0.352 e. The first-order valence-electron chi connectivity index (χ1n) is 12.1. The van der Waals surface area contributed by atoms with E-state index >= 15 is 0 Å². The molecule has 0 saturated carbocycles. The summed E-state index contributed by atoms with van der Waals surface area (Å²) in [7, 11) is -3.59. The molecule has 2 aromatic carbocycles. The number of amides is 1. The average Bonchev–Trinajstić information content (AvgIpc) is 2.84. The highest BCUT2D eigenvalue weighted by Gasteiger charge is 2.33. The molecule has 0 bridgehead atoms. The molecule has 0 aliphatic carbocycles. The first kappa shape index (κ1) is 23.9. The fourth-order valence-electron chi connectivity index (χ4n) is 4.80. The van der Waals surface area contributed by atoms with E-state index < -0.39 is 10.0 Å². The Labute approximate surface area is 198 Å². The van der Waals surface area contributed by atoms with Crippen LogP contribution in [-0.2, 0) is 27.9 Å². The summed E-state index contributed by atoms with van der Waals surface area (Å²) in [4.78, 5) is 15.8. The maximum Gasteiger partial charge on any atom is 0.243 e. The number of rotatable bonds is 7. The molecule has 0 radical (unpaired) electrons. The van der Waals surface area contributed by atoms with Crippen molar-refractivity contribution >= 4 is 15.9 Å². The highest BCUT2D eigenvalue weighted by atomic mass is 32.2. The lowest BCUT2D eigenvalue weighted by atomic mass is 9.98. The zero-order valence-corrected chi connectivity index (χ0v) is 20.3. The van der Waals surface area contributed by atoms with Crippen molar-refractivity contribution in [2.24, 2.45) is 5.92 Å². The van der Waals surface area contributed by atoms with Crippen LogP contribution in [0.3, 0.4) is 0 Å². The van der Waals surface area contributed by atoms with Gasteiger partial charge in [-0.15, -0.1) is 0 Å². The van der Waals surface area contributed by atoms with Crippen LogP contribution in [0.25, 0.3) is 0 Å². The molecule has 6 nitrogen and oxygen atoms in total. The van der Waals surface area contributed by atoms with E-state index in [2.05, 4.69) is 28.4 Å². The Kier molecular flexibility index (Phi) is 7.83. The molecule has 0 spiro atoms. The number of benzene rings is 2. The summed E-state index contributed by atoms with van der Waals surface area (Å²) in [5.41, 5.74) is 3.41. The Balaban J connectivity index is 1.37. The zero-order chi connectivity index (χ0) is 23.3. The van der Waals surface area contributed by atoms with Crippen LogP contribution in [0.15, 0.2) is 53.4 Å². The van der Waals surface area contributed by atoms with E-state index in [4.69, 9.17) is 0 Å². The summed E-state index contributed by atoms with van der Waals surface area (Å²) in [6.07, 6.45) is 5.22. The minimum Gasteiger partial charge on any atom is -0.352 e. The Hall–Kier alpha value is -2.22. The van der Waals surface area contributed by atoms with Crippen LogP contribution in [0.4, 0.5) is 0 Å². The van der Waals surface area contributed by atoms with E-state index in [-0.39, 0.29) is 18.4 Å². The van der Waals surface area contributed by atoms with Crippen molar-refractivity contribution in [3.63, 3.8) is 0 Å². The summed E-state index contributed by atoms with van der Waals surface area (Å²) in [5, 5.41) is 3.09. The van der Waals surface area contributed by atoms with E-state index in [0.717, 1.165) is 30.8 Å². The third-order valence-electron chi connectivity index (χ3n) is 6.83. The van der Waals surface area contributed by atoms with E-state index in [0.29, 0.717) is 30.8 Å². The molecule has 178 valence electrons. The number of sulfonamides is 1. The maximum atomic E-state index is 13.1. The smallest absolute Gasteiger partial charge is 0.243 e. The number of aryl methyl sites for hydroxylation is 1. The SMILES string of the molecule is Cc1ccc(S(=O)(=O)N2CCC[C@H](C(=O)NCc3ccccc3CN3CCCCC3)C2)cc1. The van der Waals surface area contributed by atoms with Gasteiger partial charge in [-0.1, -0.05) is 48.4 Å². The van der Waals surface area contributed by atoms with Gasteiger partial charge in [0.15, 0.2) is 0 Å². The molecule has 7 heteroatoms. The third-order valence-corrected chi connectivity index (χ3v) is 8.71. The maximum absolute atomic E-state index is 13.1. The molecular formula is C26H35N3O3S. The standard InChI is InChI=1S/C26H35N3O3S/c1-21-11-13-25(14-12-21)33(31,32)29-17-7-10-24(20-29)26(30)27-18-22-8-3-4-9-23(22)19-28-15-5-2-6-16-28/h3-4,8-9,11-14,24H,2,5-7,10,15-20H2,1H3,(H,27,30)/t24-/m0/s1. The van der Waals surface area contributed by atoms with Crippen molar-refractivity contribution in [2.45, 2.75) is 57.0 Å². The van der Waals surface area contributed by atoms with Crippen molar-refractivity contribution in [1.82, 2.24) is 14.5 Å². The van der Waals surface area contributed by atoms with Crippen molar-refractivity contribution in [3.8, 4) is 0 Å². The van der Waals surface area contributed by atoms with Crippen LogP contribution in [0.1, 0.15) is 48.8 Å². The van der Waals surface area contributed by atoms with Crippen LogP contribution < -0.4 is 5.32 Å². The van der Waals surface area contributed by atoms with E-state index in [1.807, 2.05) is 25.1 Å². The number of nitrogens with zero attached hydrogens (tertiary/aromatic N) is 2. The predicted octanol–water partition coefficient (Wildman–Crippen LogP) is 3.70. The number of nitrogens with one attached hydrogen (secondary N) is 1. The highest BCUT2D eigenvalue weighted by molar-refractivity contribution is 7.89. The quantitative estimate of drug-likeness (QED) is 0.671. The lowest BCUT2D eigenvalue weighted by Gasteiger charge is -2.31. The zero-order valence-electron chi connectivity index (χ0n) is 19.5. The lowest BCUT2D eigenvalue weighted by Crippen LogP contribution is -2.45. The summed E-state index contributed by atoms with van der Waals surface area (Å²) in [6, 6.07) is 15.2. The number of hydrogen-bond acceptors (Lipinski definition) is 4. The molecule has 4 rings (SSSR count). The Bertz CT molecular complexity index is 1050. The van der Waals surface area contributed by atoms with Gasteiger partial charge in [0.1, 0.15) is 0 Å². The molecule has 1 atom stereocenters. The topological polar surface area (TPSA) is 69.7 Å². The number of carbonyl (C=O) groups is 1. The second-order valence-corrected chi connectivity index (χ2v) is 11.3. The Morgan fingerprint density at radius 1 is 0.939 bits per heavy atom. The van der Waals surface area contributed by atoms with E-state index in [1.54, 1.807) is 12.1 Å². The molecular weight excluding hydrogens is 434 g/mol. The van der Waals surface area contributed by atoms with Gasteiger partial charge in [0.25, 0.3) is 0 Å². The molecule has 0 aromatic heterocycles. The second-order valence-electron chi connectivity index (χ2n) is 9.34. The van der Waals surface area contributed by atoms with Crippen molar-refractivity contribution in [2.75, 3.05) is 26.2 Å². The molecule has 1 N–H and O–H groups in total. The van der Waals surface area contributed by atoms with Gasteiger partial charge in [-0.05, 0) is 69.0 Å². The normalized spacial score (nSPS) is 20.5. The highest BCUT2D eigenvalue weighted by Crippen LogP contribution is 2.24. The second kappa shape index (κ2) is 10.8. The molecule has 1 amide bonds. The Morgan fingerprint density at radius 2 is 1.64 bits per heavy atom. The number of hydrogen-bond donors (Lipinski definition) is 1. The van der Waals surface area contributed by atoms with Crippen molar-refractivity contribution in [3.05, 3.63) is 65.2 Å². The molecule has 2 aromatic rings. The van der Waals surface area contributed by atoms with Gasteiger partial charge in [0.05, 0.1) is 10.8 Å². The van der Waals surface area contributed by atoms with Gasteiger partial charge in [0.2, 0.25) is 15.9 Å². The lowest BCUT2D eigenvalue weighted by molar-refractivity contribution is -0.126. The van der Waals surface area contributed by atoms with Crippen LogP contribution >= 0.6 is 0 Å². The molecule has 2 aliphatic heterocycles. The van der Waals surface area contributed by atoms with Crippen LogP contribution in [0.2, 0.25) is 0 Å². The third kappa shape index (κ3) is 6.02. The molecule has 0 unspecified atom stereocenters. The van der Waals surface area contributed by atoms with Crippen molar-refractivity contribution in [1.29, 1.82) is 0 Å². The van der Waals surface area contributed by atoms with Crippen molar-refractivity contribution < 1.29 is 13.2 Å². The minimum absolute atomic E-state index is 0.0634. The first-order valence-corrected chi connectivity index (χ1v) is 13.5. The molecule has 2 aliphatic rings. The molecule has 2 fully saturated rings. The number of carbonyl (C=O) groups excluding carboxylic acids is 1. The Morgan fingerprint density at radius 3 is 2.36 bits per heavy atom. The molecule has 33 heavy (non-hydrogen) atoms. The summed E-state index contributed by atoms with van der Waals surface area (Å²) < 4.78 is 27.6. The van der Waals surface area contributed by atoms with Gasteiger partial charge >= 0.3 is 0 Å². The fourth-order valence-corrected chi connectivity index (χ4v) is 6.33. The average molecular weight is 470 g/mol. The predicted molar refractivity (Wildman–Crippen MR) is 130 cm³/mol. The van der Waals surface area contributed by atoms with Gasteiger partial charge in [-0.2, -0.15) is 4.31 Å². The monoisotopic (exact) mass is 469 g/mol. The number of piperidine rings is 2. The van der Waals surface area contributed by atoms with E-state index in [9.17, 15) is 13.2 Å². The van der Waals surface area contributed by atoms with E-state index in [1.165, 1.54) is 29.1 Å². The minimum atomic E-state index is -3.59. The van der Waals surface area contributed by atoms with Gasteiger partial charge < -0.3 is 5.32 Å². The molecule has 2 saturated heterocycles. The van der Waals surface area contributed by atoms with Gasteiger partial charge in [-0.25, -0.2) is 8.42 Å². The van der Waals surface area contributed by atoms with Crippen LogP contribution in [0.5, 0.6) is 0 Å². The summed E-state index contributed by atoms with van der Waals surface area (Å²) >= 11 is 0. The molecule has 2 heterocycles. The summed E-state index contributed by atoms with van der Waals surface area (Å²) in [5.74, 6) is -0.389. The number of likely N-dealkylation sites (tertiary alicyclic amines) is 1. The fraction of sp³-hybridized carbons (Fsp3) is 0.500. The van der Waals surface area contributed by atoms with Gasteiger partial charge in [0, 0.05) is 26.2 Å². The van der Waals surface area contributed by atoms with Gasteiger partial charge in [-0.3, -0.25) is 9.69 Å². The first-order chi connectivity index (χ1) is 15.9. The van der Waals surface area contributed by atoms with Crippen LogP contribution in [0, 0.1) is 12.8 Å². The van der Waals surface area contributed by atoms with Crippen LogP contribution in [-0.4, -0.2) is 49.7 Å².